The van der Waals surface area contributed by atoms with Crippen molar-refractivity contribution in [2.45, 2.75) is 105 Å². The van der Waals surface area contributed by atoms with E-state index < -0.39 is 0 Å². The maximum absolute atomic E-state index is 11.8. The second kappa shape index (κ2) is 12.5. The average molecular weight is 355 g/mol. The van der Waals surface area contributed by atoms with Crippen LogP contribution in [0.5, 0.6) is 0 Å². The van der Waals surface area contributed by atoms with E-state index in [4.69, 9.17) is 0 Å². The number of Topliss-reactive ketones (excluding diaryl/α,β-unsaturated/α-hetero) is 1. The van der Waals surface area contributed by atoms with Gasteiger partial charge in [-0.05, 0) is 45.4 Å². The van der Waals surface area contributed by atoms with E-state index >= 15 is 0 Å². The Kier molecular flexibility index (Phi) is 12.0. The van der Waals surface area contributed by atoms with Crippen LogP contribution in [0.2, 0.25) is 0 Å². The molecule has 2 N–H and O–H groups in total. The smallest absolute Gasteiger partial charge is 0.221 e. The first-order valence-corrected chi connectivity index (χ1v) is 10.0. The average Bonchev–Trinajstić information content (AvgIpc) is 2.45. The van der Waals surface area contributed by atoms with Crippen molar-refractivity contribution in [3.8, 4) is 0 Å². The highest BCUT2D eigenvalue weighted by atomic mass is 16.1. The van der Waals surface area contributed by atoms with E-state index in [0.29, 0.717) is 12.2 Å². The van der Waals surface area contributed by atoms with Crippen molar-refractivity contribution in [1.82, 2.24) is 10.6 Å². The summed E-state index contributed by atoms with van der Waals surface area (Å²) in [5.74, 6) is 0.534. The van der Waals surface area contributed by atoms with Crippen molar-refractivity contribution in [3.05, 3.63) is 0 Å². The van der Waals surface area contributed by atoms with Gasteiger partial charge in [0.15, 0.2) is 0 Å². The number of unbranched alkanes of at least 4 members (excludes halogenated alkanes) is 4. The molecule has 1 amide bonds. The van der Waals surface area contributed by atoms with E-state index in [1.807, 2.05) is 0 Å². The second-order valence-electron chi connectivity index (χ2n) is 9.39. The fraction of sp³-hybridized carbons (Fsp3) is 0.905. The van der Waals surface area contributed by atoms with Gasteiger partial charge >= 0.3 is 0 Å². The van der Waals surface area contributed by atoms with Gasteiger partial charge in [0, 0.05) is 37.9 Å². The molecule has 0 saturated carbocycles. The molecule has 0 aromatic rings. The number of amides is 1. The summed E-state index contributed by atoms with van der Waals surface area (Å²) in [6.07, 6.45) is 8.39. The quantitative estimate of drug-likeness (QED) is 0.475. The summed E-state index contributed by atoms with van der Waals surface area (Å²) in [7, 11) is 0. The number of hydrogen-bond donors (Lipinski definition) is 2. The molecule has 0 bridgehead atoms. The Bertz CT molecular complexity index is 378. The summed E-state index contributed by atoms with van der Waals surface area (Å²) in [5.41, 5.74) is 0.317. The lowest BCUT2D eigenvalue weighted by molar-refractivity contribution is -0.121. The maximum atomic E-state index is 11.8. The standard InChI is InChI=1S/C21H42N2O2/c1-20(2,3)15-13-18(24)12-10-8-7-9-11-16-22-19(25)14-17-23-21(4,5)6/h23H,7-17H2,1-6H3,(H,22,25). The predicted molar refractivity (Wildman–Crippen MR) is 107 cm³/mol. The molecule has 0 spiro atoms. The molecule has 0 saturated heterocycles. The predicted octanol–water partition coefficient (Wildman–Crippen LogP) is 4.62. The number of carbonyl (C=O) groups excluding carboxylic acids is 2. The summed E-state index contributed by atoms with van der Waals surface area (Å²) < 4.78 is 0. The number of nitrogens with one attached hydrogen (secondary N) is 2. The molecule has 0 radical (unpaired) electrons. The number of ketones is 1. The van der Waals surface area contributed by atoms with Crippen LogP contribution in [0, 0.1) is 5.41 Å². The van der Waals surface area contributed by atoms with Crippen LogP contribution in [0.3, 0.4) is 0 Å². The van der Waals surface area contributed by atoms with Crippen molar-refractivity contribution in [2.24, 2.45) is 5.41 Å². The van der Waals surface area contributed by atoms with E-state index in [9.17, 15) is 9.59 Å². The van der Waals surface area contributed by atoms with Gasteiger partial charge in [-0.1, -0.05) is 40.0 Å². The first kappa shape index (κ1) is 24.1. The van der Waals surface area contributed by atoms with E-state index in [2.05, 4.69) is 52.2 Å². The number of hydrogen-bond acceptors (Lipinski definition) is 3. The zero-order valence-electron chi connectivity index (χ0n) is 17.6. The van der Waals surface area contributed by atoms with Crippen molar-refractivity contribution >= 4 is 11.7 Å². The SMILES string of the molecule is CC(C)(C)CCC(=O)CCCCCCCNC(=O)CCNC(C)(C)C. The minimum absolute atomic E-state index is 0.0639. The topological polar surface area (TPSA) is 58.2 Å². The molecule has 0 unspecified atom stereocenters. The van der Waals surface area contributed by atoms with Gasteiger partial charge in [-0.2, -0.15) is 0 Å². The lowest BCUT2D eigenvalue weighted by Crippen LogP contribution is -2.38. The van der Waals surface area contributed by atoms with Gasteiger partial charge in [0.1, 0.15) is 5.78 Å². The van der Waals surface area contributed by atoms with Crippen LogP contribution in [-0.4, -0.2) is 30.3 Å². The molecule has 0 aliphatic carbocycles. The summed E-state index contributed by atoms with van der Waals surface area (Å²) in [4.78, 5) is 23.5. The Hall–Kier alpha value is -0.900. The van der Waals surface area contributed by atoms with Gasteiger partial charge < -0.3 is 10.6 Å². The first-order chi connectivity index (χ1) is 11.5. The Balaban J connectivity index is 3.41. The highest BCUT2D eigenvalue weighted by molar-refractivity contribution is 5.78. The highest BCUT2D eigenvalue weighted by Crippen LogP contribution is 2.21. The van der Waals surface area contributed by atoms with Crippen LogP contribution in [0.1, 0.15) is 99.3 Å². The maximum Gasteiger partial charge on any atom is 0.221 e. The van der Waals surface area contributed by atoms with Gasteiger partial charge in [-0.3, -0.25) is 9.59 Å². The molecule has 0 rings (SSSR count). The van der Waals surface area contributed by atoms with Crippen molar-refractivity contribution in [1.29, 1.82) is 0 Å². The zero-order valence-corrected chi connectivity index (χ0v) is 17.6. The highest BCUT2D eigenvalue weighted by Gasteiger charge is 2.12. The number of carbonyl (C=O) groups is 2. The summed E-state index contributed by atoms with van der Waals surface area (Å²) in [5, 5.41) is 6.29. The Morgan fingerprint density at radius 3 is 1.92 bits per heavy atom. The van der Waals surface area contributed by atoms with E-state index in [1.165, 1.54) is 0 Å². The van der Waals surface area contributed by atoms with Crippen LogP contribution in [-0.2, 0) is 9.59 Å². The van der Waals surface area contributed by atoms with E-state index in [0.717, 1.165) is 64.5 Å². The van der Waals surface area contributed by atoms with Gasteiger partial charge in [0.2, 0.25) is 5.91 Å². The van der Waals surface area contributed by atoms with Gasteiger partial charge in [0.25, 0.3) is 0 Å². The normalized spacial score (nSPS) is 12.2. The first-order valence-electron chi connectivity index (χ1n) is 10.0. The molecule has 25 heavy (non-hydrogen) atoms. The van der Waals surface area contributed by atoms with Crippen LogP contribution in [0.25, 0.3) is 0 Å². The third kappa shape index (κ3) is 19.3. The molecule has 148 valence electrons. The molecule has 0 heterocycles. The molecule has 4 heteroatoms. The summed E-state index contributed by atoms with van der Waals surface area (Å²) in [6, 6.07) is 0. The van der Waals surface area contributed by atoms with E-state index in [1.54, 1.807) is 0 Å². The minimum Gasteiger partial charge on any atom is -0.356 e. The molecule has 0 atom stereocenters. The minimum atomic E-state index is 0.0639. The lowest BCUT2D eigenvalue weighted by Gasteiger charge is -2.20. The van der Waals surface area contributed by atoms with Crippen molar-refractivity contribution < 1.29 is 9.59 Å². The number of rotatable bonds is 13. The van der Waals surface area contributed by atoms with Crippen LogP contribution in [0.4, 0.5) is 0 Å². The van der Waals surface area contributed by atoms with Crippen molar-refractivity contribution in [3.63, 3.8) is 0 Å². The molecule has 0 aliphatic heterocycles. The molecule has 4 nitrogen and oxygen atoms in total. The fourth-order valence-corrected chi connectivity index (χ4v) is 2.48. The summed E-state index contributed by atoms with van der Waals surface area (Å²) in [6.45, 7) is 14.3. The molecule has 0 fully saturated rings. The van der Waals surface area contributed by atoms with Gasteiger partial charge in [0.05, 0.1) is 0 Å². The van der Waals surface area contributed by atoms with Crippen LogP contribution < -0.4 is 10.6 Å². The summed E-state index contributed by atoms with van der Waals surface area (Å²) >= 11 is 0. The third-order valence-corrected chi connectivity index (χ3v) is 4.12. The Labute approximate surface area is 155 Å². The van der Waals surface area contributed by atoms with Crippen molar-refractivity contribution in [2.75, 3.05) is 13.1 Å². The largest absolute Gasteiger partial charge is 0.356 e. The van der Waals surface area contributed by atoms with E-state index in [-0.39, 0.29) is 16.9 Å². The van der Waals surface area contributed by atoms with Crippen LogP contribution >= 0.6 is 0 Å². The van der Waals surface area contributed by atoms with Gasteiger partial charge in [-0.25, -0.2) is 0 Å². The lowest BCUT2D eigenvalue weighted by atomic mass is 9.89. The Morgan fingerprint density at radius 1 is 0.720 bits per heavy atom. The molecular formula is C21H42N2O2. The third-order valence-electron chi connectivity index (χ3n) is 4.12. The molecule has 0 aromatic heterocycles. The Morgan fingerprint density at radius 2 is 1.32 bits per heavy atom. The van der Waals surface area contributed by atoms with Crippen LogP contribution in [0.15, 0.2) is 0 Å². The molecule has 0 aromatic carbocycles. The van der Waals surface area contributed by atoms with Gasteiger partial charge in [-0.15, -0.1) is 0 Å². The zero-order chi connectivity index (χ0) is 19.3. The second-order valence-corrected chi connectivity index (χ2v) is 9.39. The fourth-order valence-electron chi connectivity index (χ4n) is 2.48. The molecule has 0 aliphatic rings. The monoisotopic (exact) mass is 354 g/mol. The molecular weight excluding hydrogens is 312 g/mol.